The molecule has 0 radical (unpaired) electrons. The zero-order valence-electron chi connectivity index (χ0n) is 9.20. The molecule has 0 heterocycles. The summed E-state index contributed by atoms with van der Waals surface area (Å²) < 4.78 is 5.57. The van der Waals surface area contributed by atoms with Crippen molar-refractivity contribution < 1.29 is 21.7 Å². The zero-order chi connectivity index (χ0) is 10.5. The molecule has 84 valence electrons. The van der Waals surface area contributed by atoms with Gasteiger partial charge in [-0.25, -0.2) is 0 Å². The minimum absolute atomic E-state index is 0. The molecule has 0 saturated carbocycles. The Hall–Kier alpha value is -0.224. The maximum absolute atomic E-state index is 5.84. The third kappa shape index (κ3) is 5.77. The van der Waals surface area contributed by atoms with Crippen molar-refractivity contribution >= 4 is 34.7 Å². The molecule has 4 heteroatoms. The second-order valence-corrected chi connectivity index (χ2v) is 3.59. The summed E-state index contributed by atoms with van der Waals surface area (Å²) in [5.41, 5.74) is 1.09. The Morgan fingerprint density at radius 2 is 2.00 bits per heavy atom. The topological polar surface area (TPSA) is 9.23 Å². The van der Waals surface area contributed by atoms with Crippen LogP contribution < -0.4 is 21.7 Å². The van der Waals surface area contributed by atoms with E-state index in [0.717, 1.165) is 11.3 Å². The van der Waals surface area contributed by atoms with Gasteiger partial charge in [-0.1, -0.05) is 17.7 Å². The van der Waals surface area contributed by atoms with Crippen LogP contribution in [0.15, 0.2) is 48.5 Å². The number of hydrogen-bond donors (Lipinski definition) is 0. The molecule has 0 bridgehead atoms. The summed E-state index contributed by atoms with van der Waals surface area (Å²) in [4.78, 5) is 0. The molecule has 0 aliphatic rings. The molecule has 0 fully saturated rings. The first-order valence-corrected chi connectivity index (χ1v) is 5.06. The van der Waals surface area contributed by atoms with E-state index in [1.807, 2.05) is 42.5 Å². The van der Waals surface area contributed by atoms with E-state index in [4.69, 9.17) is 16.3 Å². The van der Waals surface area contributed by atoms with Gasteiger partial charge in [0.2, 0.25) is 0 Å². The van der Waals surface area contributed by atoms with E-state index in [9.17, 15) is 0 Å². The number of hydrogen-bond acceptors (Lipinski definition) is 1. The van der Waals surface area contributed by atoms with Gasteiger partial charge in [-0.05, 0) is 18.2 Å². The molecule has 0 amide bonds. The van der Waals surface area contributed by atoms with Crippen molar-refractivity contribution in [2.24, 2.45) is 0 Å². The quantitative estimate of drug-likeness (QED) is 0.585. The SMILES string of the molecule is Clc1cccc(OCc2c[c-]ccc2)c1.[Br-].[Mg+2]. The van der Waals surface area contributed by atoms with E-state index in [2.05, 4.69) is 6.07 Å². The van der Waals surface area contributed by atoms with Gasteiger partial charge >= 0.3 is 23.1 Å². The maximum Gasteiger partial charge on any atom is 2.00 e. The van der Waals surface area contributed by atoms with Crippen molar-refractivity contribution in [3.8, 4) is 5.75 Å². The van der Waals surface area contributed by atoms with Crippen LogP contribution >= 0.6 is 11.6 Å². The molecular weight excluding hydrogens is 312 g/mol. The molecule has 2 aromatic rings. The molecule has 2 aromatic carbocycles. The van der Waals surface area contributed by atoms with Crippen LogP contribution in [-0.2, 0) is 6.61 Å². The third-order valence-electron chi connectivity index (χ3n) is 1.97. The van der Waals surface area contributed by atoms with Crippen LogP contribution in [0.5, 0.6) is 5.75 Å². The molecule has 0 aliphatic heterocycles. The molecule has 0 saturated heterocycles. The first kappa shape index (κ1) is 16.8. The fraction of sp³-hybridized carbons (Fsp3) is 0.0769. The van der Waals surface area contributed by atoms with Crippen LogP contribution in [0.1, 0.15) is 5.56 Å². The largest absolute Gasteiger partial charge is 2.00 e. The summed E-state index contributed by atoms with van der Waals surface area (Å²) >= 11 is 5.84. The van der Waals surface area contributed by atoms with Crippen LogP contribution in [-0.4, -0.2) is 23.1 Å². The van der Waals surface area contributed by atoms with Crippen molar-refractivity contribution in [2.75, 3.05) is 0 Å². The van der Waals surface area contributed by atoms with Gasteiger partial charge in [0.15, 0.2) is 0 Å². The van der Waals surface area contributed by atoms with Crippen molar-refractivity contribution in [1.29, 1.82) is 0 Å². The molecule has 17 heavy (non-hydrogen) atoms. The van der Waals surface area contributed by atoms with E-state index in [-0.39, 0.29) is 40.0 Å². The van der Waals surface area contributed by atoms with Gasteiger partial charge in [-0.2, -0.15) is 30.3 Å². The molecule has 1 nitrogen and oxygen atoms in total. The Bertz CT molecular complexity index is 436. The summed E-state index contributed by atoms with van der Waals surface area (Å²) in [6, 6.07) is 18.1. The molecule has 0 N–H and O–H groups in total. The monoisotopic (exact) mass is 320 g/mol. The van der Waals surface area contributed by atoms with Gasteiger partial charge in [0.25, 0.3) is 0 Å². The van der Waals surface area contributed by atoms with Crippen molar-refractivity contribution in [2.45, 2.75) is 6.61 Å². The predicted molar refractivity (Wildman–Crippen MR) is 66.8 cm³/mol. The summed E-state index contributed by atoms with van der Waals surface area (Å²) in [6.07, 6.45) is 0. The standard InChI is InChI=1S/C13H10ClO.BrH.Mg/c14-12-7-4-8-13(9-12)15-10-11-5-2-1-3-6-11;;/h1-2,4-9H,10H2;1H;/q-1;;+2/p-1. The van der Waals surface area contributed by atoms with Gasteiger partial charge in [-0.15, -0.1) is 5.56 Å². The fourth-order valence-electron chi connectivity index (χ4n) is 1.24. The van der Waals surface area contributed by atoms with E-state index in [1.54, 1.807) is 6.07 Å². The Labute approximate surface area is 133 Å². The number of benzene rings is 2. The second-order valence-electron chi connectivity index (χ2n) is 3.16. The van der Waals surface area contributed by atoms with Crippen LogP contribution in [0.25, 0.3) is 0 Å². The molecule has 0 aromatic heterocycles. The summed E-state index contributed by atoms with van der Waals surface area (Å²) in [5.74, 6) is 0.784. The van der Waals surface area contributed by atoms with Gasteiger partial charge < -0.3 is 21.7 Å². The number of halogens is 2. The van der Waals surface area contributed by atoms with Crippen LogP contribution in [0, 0.1) is 6.07 Å². The molecule has 0 spiro atoms. The second kappa shape index (κ2) is 8.81. The average molecular weight is 322 g/mol. The van der Waals surface area contributed by atoms with Gasteiger partial charge in [0, 0.05) is 5.02 Å². The Morgan fingerprint density at radius 3 is 2.65 bits per heavy atom. The smallest absolute Gasteiger partial charge is 1.00 e. The Morgan fingerprint density at radius 1 is 1.18 bits per heavy atom. The van der Waals surface area contributed by atoms with Gasteiger partial charge in [0.1, 0.15) is 5.75 Å². The minimum atomic E-state index is 0. The van der Waals surface area contributed by atoms with Crippen LogP contribution in [0.3, 0.4) is 0 Å². The van der Waals surface area contributed by atoms with Crippen molar-refractivity contribution in [3.05, 3.63) is 65.2 Å². The van der Waals surface area contributed by atoms with Gasteiger partial charge in [0.05, 0.1) is 6.61 Å². The number of ether oxygens (including phenoxy) is 1. The summed E-state index contributed by atoms with van der Waals surface area (Å²) in [5, 5.41) is 0.687. The average Bonchev–Trinajstić information content (AvgIpc) is 2.28. The molecule has 0 unspecified atom stereocenters. The maximum atomic E-state index is 5.84. The zero-order valence-corrected chi connectivity index (χ0v) is 13.0. The molecule has 0 atom stereocenters. The fourth-order valence-corrected chi connectivity index (χ4v) is 1.42. The Balaban J connectivity index is 0.00000128. The first-order chi connectivity index (χ1) is 7.34. The van der Waals surface area contributed by atoms with E-state index in [0.29, 0.717) is 11.6 Å². The molecular formula is C13H10BrClMgO. The van der Waals surface area contributed by atoms with Crippen LogP contribution in [0.4, 0.5) is 0 Å². The predicted octanol–water partition coefficient (Wildman–Crippen LogP) is 0.342. The third-order valence-corrected chi connectivity index (χ3v) is 2.21. The Kier molecular flexibility index (Phi) is 8.69. The summed E-state index contributed by atoms with van der Waals surface area (Å²) in [7, 11) is 0. The van der Waals surface area contributed by atoms with E-state index in [1.165, 1.54) is 0 Å². The van der Waals surface area contributed by atoms with Gasteiger partial charge in [-0.3, -0.25) is 0 Å². The number of rotatable bonds is 3. The van der Waals surface area contributed by atoms with Crippen molar-refractivity contribution in [3.63, 3.8) is 0 Å². The van der Waals surface area contributed by atoms with E-state index >= 15 is 0 Å². The first-order valence-electron chi connectivity index (χ1n) is 4.68. The normalized spacial score (nSPS) is 8.76. The summed E-state index contributed by atoms with van der Waals surface area (Å²) in [6.45, 7) is 0.539. The van der Waals surface area contributed by atoms with Crippen LogP contribution in [0.2, 0.25) is 5.02 Å². The molecule has 2 rings (SSSR count). The minimum Gasteiger partial charge on any atom is -1.00 e. The van der Waals surface area contributed by atoms with E-state index < -0.39 is 0 Å². The van der Waals surface area contributed by atoms with Crippen molar-refractivity contribution in [1.82, 2.24) is 0 Å². The molecule has 0 aliphatic carbocycles.